The molecule has 22 heavy (non-hydrogen) atoms. The van der Waals surface area contributed by atoms with Crippen molar-refractivity contribution in [2.45, 2.75) is 45.1 Å². The van der Waals surface area contributed by atoms with E-state index in [0.29, 0.717) is 0 Å². The second kappa shape index (κ2) is 5.95. The van der Waals surface area contributed by atoms with Crippen molar-refractivity contribution < 1.29 is 9.59 Å². The molecular formula is C18H22N2O2. The molecule has 0 saturated heterocycles. The molecule has 0 radical (unpaired) electrons. The predicted octanol–water partition coefficient (Wildman–Crippen LogP) is 3.03. The second-order valence-electron chi connectivity index (χ2n) is 6.28. The number of amides is 2. The zero-order valence-electron chi connectivity index (χ0n) is 13.2. The summed E-state index contributed by atoms with van der Waals surface area (Å²) in [7, 11) is 1.85. The Morgan fingerprint density at radius 1 is 1.36 bits per heavy atom. The van der Waals surface area contributed by atoms with Gasteiger partial charge in [0.1, 0.15) is 0 Å². The minimum Gasteiger partial charge on any atom is -0.335 e. The van der Waals surface area contributed by atoms with Gasteiger partial charge in [-0.3, -0.25) is 9.59 Å². The quantitative estimate of drug-likeness (QED) is 0.932. The van der Waals surface area contributed by atoms with Crippen molar-refractivity contribution in [3.8, 4) is 0 Å². The normalized spacial score (nSPS) is 21.1. The van der Waals surface area contributed by atoms with Crippen molar-refractivity contribution in [3.05, 3.63) is 41.0 Å². The number of nitrogens with zero attached hydrogens (tertiary/aromatic N) is 1. The Morgan fingerprint density at radius 3 is 2.95 bits per heavy atom. The monoisotopic (exact) mass is 298 g/mol. The smallest absolute Gasteiger partial charge is 0.250 e. The Labute approximate surface area is 131 Å². The fraction of sp³-hybridized carbons (Fsp3) is 0.444. The molecular weight excluding hydrogens is 276 g/mol. The number of anilines is 1. The highest BCUT2D eigenvalue weighted by Crippen LogP contribution is 2.37. The van der Waals surface area contributed by atoms with Gasteiger partial charge in [0, 0.05) is 18.3 Å². The average molecular weight is 298 g/mol. The van der Waals surface area contributed by atoms with Gasteiger partial charge in [-0.1, -0.05) is 18.6 Å². The topological polar surface area (TPSA) is 49.4 Å². The fourth-order valence-corrected chi connectivity index (χ4v) is 3.54. The van der Waals surface area contributed by atoms with Crippen LogP contribution in [0.3, 0.4) is 0 Å². The lowest BCUT2D eigenvalue weighted by atomic mass is 9.88. The summed E-state index contributed by atoms with van der Waals surface area (Å²) in [6.45, 7) is 1.99. The summed E-state index contributed by atoms with van der Waals surface area (Å²) in [5.74, 6) is -0.0811. The summed E-state index contributed by atoms with van der Waals surface area (Å²) < 4.78 is 0. The molecule has 1 fully saturated rings. The van der Waals surface area contributed by atoms with E-state index in [0.717, 1.165) is 42.5 Å². The van der Waals surface area contributed by atoms with E-state index >= 15 is 0 Å². The summed E-state index contributed by atoms with van der Waals surface area (Å²) in [5, 5.41) is 2.90. The van der Waals surface area contributed by atoms with Gasteiger partial charge < -0.3 is 10.2 Å². The Kier molecular flexibility index (Phi) is 4.01. The number of fused-ring (bicyclic) bond motifs is 1. The number of hydrogen-bond donors (Lipinski definition) is 1. The molecule has 1 saturated carbocycles. The molecule has 2 amide bonds. The van der Waals surface area contributed by atoms with Crippen LogP contribution in [0.1, 0.15) is 37.7 Å². The van der Waals surface area contributed by atoms with Crippen LogP contribution in [-0.2, 0) is 9.59 Å². The molecule has 4 heteroatoms. The second-order valence-corrected chi connectivity index (χ2v) is 6.28. The molecule has 0 bridgehead atoms. The molecule has 1 aromatic carbocycles. The first-order chi connectivity index (χ1) is 10.6. The van der Waals surface area contributed by atoms with Crippen molar-refractivity contribution in [3.63, 3.8) is 0 Å². The van der Waals surface area contributed by atoms with Gasteiger partial charge in [-0.05, 0) is 49.5 Å². The van der Waals surface area contributed by atoms with Crippen LogP contribution in [0.25, 0.3) is 0 Å². The van der Waals surface area contributed by atoms with Crippen LogP contribution in [0.5, 0.6) is 0 Å². The number of nitrogens with one attached hydrogen (secondary N) is 1. The summed E-state index contributed by atoms with van der Waals surface area (Å²) in [6, 6.07) is 7.93. The van der Waals surface area contributed by atoms with Crippen molar-refractivity contribution in [1.82, 2.24) is 4.90 Å². The number of likely N-dealkylation sites (N-methyl/N-ethyl adjacent to an activating group) is 1. The molecule has 4 nitrogen and oxygen atoms in total. The third-order valence-electron chi connectivity index (χ3n) is 4.65. The first-order valence-corrected chi connectivity index (χ1v) is 7.92. The van der Waals surface area contributed by atoms with Crippen LogP contribution < -0.4 is 5.32 Å². The average Bonchev–Trinajstić information content (AvgIpc) is 2.73. The van der Waals surface area contributed by atoms with Crippen molar-refractivity contribution in [1.29, 1.82) is 0 Å². The SMILES string of the molecule is Cc1cccc(NC(=O)CC2=C3CCCCC3N(C)C2=O)c1. The minimum atomic E-state index is -0.110. The van der Waals surface area contributed by atoms with Crippen LogP contribution in [0.2, 0.25) is 0 Å². The van der Waals surface area contributed by atoms with Gasteiger partial charge in [-0.25, -0.2) is 0 Å². The highest BCUT2D eigenvalue weighted by atomic mass is 16.2. The van der Waals surface area contributed by atoms with Crippen molar-refractivity contribution in [2.75, 3.05) is 12.4 Å². The minimum absolute atomic E-state index is 0.0290. The first kappa shape index (κ1) is 14.8. The van der Waals surface area contributed by atoms with Crippen molar-refractivity contribution >= 4 is 17.5 Å². The molecule has 1 unspecified atom stereocenters. The summed E-state index contributed by atoms with van der Waals surface area (Å²) in [6.07, 6.45) is 4.45. The van der Waals surface area contributed by atoms with Gasteiger partial charge >= 0.3 is 0 Å². The maximum Gasteiger partial charge on any atom is 0.250 e. The van der Waals surface area contributed by atoms with Gasteiger partial charge in [0.05, 0.1) is 12.5 Å². The lowest BCUT2D eigenvalue weighted by Gasteiger charge is -2.26. The van der Waals surface area contributed by atoms with E-state index in [-0.39, 0.29) is 24.3 Å². The van der Waals surface area contributed by atoms with Gasteiger partial charge in [0.15, 0.2) is 0 Å². The summed E-state index contributed by atoms with van der Waals surface area (Å²) in [4.78, 5) is 26.5. The van der Waals surface area contributed by atoms with Crippen LogP contribution in [0, 0.1) is 6.92 Å². The maximum absolute atomic E-state index is 12.4. The highest BCUT2D eigenvalue weighted by Gasteiger charge is 2.38. The van der Waals surface area contributed by atoms with Crippen LogP contribution in [-0.4, -0.2) is 29.8 Å². The molecule has 116 valence electrons. The van der Waals surface area contributed by atoms with E-state index in [4.69, 9.17) is 0 Å². The van der Waals surface area contributed by atoms with Gasteiger partial charge in [-0.2, -0.15) is 0 Å². The number of benzene rings is 1. The van der Waals surface area contributed by atoms with Gasteiger partial charge in [0.25, 0.3) is 5.91 Å². The Morgan fingerprint density at radius 2 is 2.18 bits per heavy atom. The predicted molar refractivity (Wildman–Crippen MR) is 86.5 cm³/mol. The first-order valence-electron chi connectivity index (χ1n) is 7.92. The van der Waals surface area contributed by atoms with E-state index in [1.165, 1.54) is 5.57 Å². The largest absolute Gasteiger partial charge is 0.335 e. The molecule has 1 atom stereocenters. The van der Waals surface area contributed by atoms with E-state index in [1.54, 1.807) is 0 Å². The lowest BCUT2D eigenvalue weighted by Crippen LogP contribution is -2.33. The molecule has 1 aromatic rings. The summed E-state index contributed by atoms with van der Waals surface area (Å²) in [5.41, 5.74) is 3.80. The van der Waals surface area contributed by atoms with Crippen molar-refractivity contribution in [2.24, 2.45) is 0 Å². The Hall–Kier alpha value is -2.10. The molecule has 3 rings (SSSR count). The third-order valence-corrected chi connectivity index (χ3v) is 4.65. The van der Waals surface area contributed by atoms with Crippen LogP contribution in [0.4, 0.5) is 5.69 Å². The summed E-state index contributed by atoms with van der Waals surface area (Å²) >= 11 is 0. The maximum atomic E-state index is 12.4. The number of hydrogen-bond acceptors (Lipinski definition) is 2. The standard InChI is InChI=1S/C18H22N2O2/c1-12-6-5-7-13(10-12)19-17(21)11-15-14-8-3-4-9-16(14)20(2)18(15)22/h5-7,10,16H,3-4,8-9,11H2,1-2H3,(H,19,21). The van der Waals surface area contributed by atoms with E-state index in [1.807, 2.05) is 43.1 Å². The van der Waals surface area contributed by atoms with Gasteiger partial charge in [-0.15, -0.1) is 0 Å². The third kappa shape index (κ3) is 2.78. The van der Waals surface area contributed by atoms with Crippen LogP contribution in [0.15, 0.2) is 35.4 Å². The molecule has 1 aliphatic carbocycles. The number of carbonyl (C=O) groups excluding carboxylic acids is 2. The van der Waals surface area contributed by atoms with E-state index in [9.17, 15) is 9.59 Å². The number of carbonyl (C=O) groups is 2. The fourth-order valence-electron chi connectivity index (χ4n) is 3.54. The van der Waals surface area contributed by atoms with Crippen LogP contribution >= 0.6 is 0 Å². The molecule has 0 spiro atoms. The van der Waals surface area contributed by atoms with Gasteiger partial charge in [0.2, 0.25) is 5.91 Å². The number of aryl methyl sites for hydroxylation is 1. The Balaban J connectivity index is 1.74. The zero-order valence-corrected chi connectivity index (χ0v) is 13.2. The van der Waals surface area contributed by atoms with E-state index < -0.39 is 0 Å². The zero-order chi connectivity index (χ0) is 15.7. The van der Waals surface area contributed by atoms with E-state index in [2.05, 4.69) is 5.32 Å². The molecule has 2 aliphatic rings. The molecule has 1 heterocycles. The molecule has 0 aromatic heterocycles. The lowest BCUT2D eigenvalue weighted by molar-refractivity contribution is -0.127. The molecule has 1 aliphatic heterocycles. The number of rotatable bonds is 3. The highest BCUT2D eigenvalue weighted by molar-refractivity contribution is 6.04. The molecule has 1 N–H and O–H groups in total. The Bertz CT molecular complexity index is 648.